The molecular formula is C10H12O6. The molecule has 16 heavy (non-hydrogen) atoms. The molecule has 4 atom stereocenters. The molecule has 1 aliphatic heterocycles. The van der Waals surface area contributed by atoms with Crippen molar-refractivity contribution in [2.75, 3.05) is 0 Å². The SMILES string of the molecule is O=C(O)[C@@H]1C[C@@]2(C(=O)O)C=C[C@@H](O)[C@@H](C2)O1. The van der Waals surface area contributed by atoms with E-state index >= 15 is 0 Å². The number of carboxylic acids is 2. The number of aliphatic carboxylic acids is 2. The topological polar surface area (TPSA) is 104 Å². The van der Waals surface area contributed by atoms with Crippen LogP contribution in [-0.2, 0) is 14.3 Å². The van der Waals surface area contributed by atoms with E-state index < -0.39 is 35.7 Å². The van der Waals surface area contributed by atoms with Crippen LogP contribution in [0.5, 0.6) is 0 Å². The lowest BCUT2D eigenvalue weighted by Crippen LogP contribution is -2.52. The monoisotopic (exact) mass is 228 g/mol. The Kier molecular flexibility index (Phi) is 2.47. The Morgan fingerprint density at radius 1 is 1.31 bits per heavy atom. The average molecular weight is 228 g/mol. The summed E-state index contributed by atoms with van der Waals surface area (Å²) in [6.07, 6.45) is -0.101. The van der Waals surface area contributed by atoms with Crippen LogP contribution < -0.4 is 0 Å². The van der Waals surface area contributed by atoms with E-state index in [1.165, 1.54) is 12.2 Å². The Hall–Kier alpha value is -1.40. The predicted octanol–water partition coefficient (Wildman–Crippen LogP) is -0.380. The maximum Gasteiger partial charge on any atom is 0.332 e. The summed E-state index contributed by atoms with van der Waals surface area (Å²) in [5, 5.41) is 27.5. The highest BCUT2D eigenvalue weighted by atomic mass is 16.5. The highest BCUT2D eigenvalue weighted by Gasteiger charge is 2.51. The Morgan fingerprint density at radius 3 is 2.56 bits per heavy atom. The van der Waals surface area contributed by atoms with Gasteiger partial charge in [0, 0.05) is 6.42 Å². The van der Waals surface area contributed by atoms with Gasteiger partial charge in [0.15, 0.2) is 6.10 Å². The van der Waals surface area contributed by atoms with E-state index in [1.54, 1.807) is 0 Å². The summed E-state index contributed by atoms with van der Waals surface area (Å²) in [6.45, 7) is 0. The molecule has 2 bridgehead atoms. The summed E-state index contributed by atoms with van der Waals surface area (Å²) in [5.41, 5.74) is -1.22. The van der Waals surface area contributed by atoms with E-state index in [0.717, 1.165) is 0 Å². The van der Waals surface area contributed by atoms with E-state index in [4.69, 9.17) is 14.9 Å². The maximum atomic E-state index is 11.2. The molecular weight excluding hydrogens is 216 g/mol. The molecule has 0 aromatic rings. The second-order valence-electron chi connectivity index (χ2n) is 4.22. The number of ether oxygens (including phenoxy) is 1. The minimum Gasteiger partial charge on any atom is -0.481 e. The van der Waals surface area contributed by atoms with Crippen LogP contribution in [0.2, 0.25) is 0 Å². The van der Waals surface area contributed by atoms with Crippen LogP contribution >= 0.6 is 0 Å². The summed E-state index contributed by atoms with van der Waals surface area (Å²) in [4.78, 5) is 22.0. The number of aliphatic hydroxyl groups is 1. The number of hydrogen-bond acceptors (Lipinski definition) is 4. The van der Waals surface area contributed by atoms with Crippen LogP contribution in [0.15, 0.2) is 12.2 Å². The smallest absolute Gasteiger partial charge is 0.332 e. The minimum absolute atomic E-state index is 0.0998. The zero-order valence-corrected chi connectivity index (χ0v) is 8.37. The molecule has 1 fully saturated rings. The molecule has 6 nitrogen and oxygen atoms in total. The lowest BCUT2D eigenvalue weighted by Gasteiger charge is -2.42. The van der Waals surface area contributed by atoms with Crippen LogP contribution in [0, 0.1) is 5.41 Å². The summed E-state index contributed by atoms with van der Waals surface area (Å²) in [7, 11) is 0. The van der Waals surface area contributed by atoms with Crippen LogP contribution in [0.3, 0.4) is 0 Å². The Balaban J connectivity index is 2.34. The highest BCUT2D eigenvalue weighted by molar-refractivity contribution is 5.80. The molecule has 0 saturated carbocycles. The summed E-state index contributed by atoms with van der Waals surface area (Å²) >= 11 is 0. The first-order valence-electron chi connectivity index (χ1n) is 4.94. The van der Waals surface area contributed by atoms with Crippen molar-refractivity contribution in [2.45, 2.75) is 31.2 Å². The van der Waals surface area contributed by atoms with Gasteiger partial charge in [0.2, 0.25) is 0 Å². The summed E-state index contributed by atoms with van der Waals surface area (Å²) in [5.74, 6) is -2.27. The summed E-state index contributed by atoms with van der Waals surface area (Å²) < 4.78 is 5.14. The average Bonchev–Trinajstić information content (AvgIpc) is 2.23. The van der Waals surface area contributed by atoms with Gasteiger partial charge in [-0.1, -0.05) is 12.2 Å². The van der Waals surface area contributed by atoms with Crippen molar-refractivity contribution in [1.82, 2.24) is 0 Å². The Bertz CT molecular complexity index is 362. The van der Waals surface area contributed by atoms with E-state index in [-0.39, 0.29) is 12.8 Å². The molecule has 0 unspecified atom stereocenters. The first kappa shape index (κ1) is 11.1. The second-order valence-corrected chi connectivity index (χ2v) is 4.22. The molecule has 0 radical (unpaired) electrons. The van der Waals surface area contributed by atoms with Gasteiger partial charge < -0.3 is 20.1 Å². The van der Waals surface area contributed by atoms with Crippen molar-refractivity contribution in [1.29, 1.82) is 0 Å². The van der Waals surface area contributed by atoms with Gasteiger partial charge in [0.1, 0.15) is 0 Å². The van der Waals surface area contributed by atoms with E-state index in [1.807, 2.05) is 0 Å². The molecule has 0 amide bonds. The Morgan fingerprint density at radius 2 is 2.00 bits per heavy atom. The Labute approximate surface area is 91.1 Å². The van der Waals surface area contributed by atoms with Gasteiger partial charge in [0.05, 0.1) is 17.6 Å². The van der Waals surface area contributed by atoms with Gasteiger partial charge >= 0.3 is 11.9 Å². The van der Waals surface area contributed by atoms with Crippen LogP contribution in [-0.4, -0.2) is 45.6 Å². The van der Waals surface area contributed by atoms with Gasteiger partial charge in [-0.2, -0.15) is 0 Å². The van der Waals surface area contributed by atoms with Gasteiger partial charge in [-0.05, 0) is 6.42 Å². The molecule has 3 N–H and O–H groups in total. The van der Waals surface area contributed by atoms with Crippen LogP contribution in [0.25, 0.3) is 0 Å². The molecule has 0 spiro atoms. The number of carbonyl (C=O) groups is 2. The van der Waals surface area contributed by atoms with Crippen molar-refractivity contribution in [3.63, 3.8) is 0 Å². The lowest BCUT2D eigenvalue weighted by atomic mass is 9.71. The van der Waals surface area contributed by atoms with Gasteiger partial charge in [-0.3, -0.25) is 4.79 Å². The van der Waals surface area contributed by atoms with Gasteiger partial charge in [-0.15, -0.1) is 0 Å². The molecule has 88 valence electrons. The first-order chi connectivity index (χ1) is 7.44. The standard InChI is InChI=1S/C10H12O6/c11-5-1-2-10(9(14)15)3-6(5)16-7(4-10)8(12)13/h1-2,5-7,11H,3-4H2,(H,12,13)(H,14,15)/t5-,6-,7+,10-/m1/s1. The zero-order chi connectivity index (χ0) is 11.9. The fraction of sp³-hybridized carbons (Fsp3) is 0.600. The van der Waals surface area contributed by atoms with Crippen LogP contribution in [0.1, 0.15) is 12.8 Å². The molecule has 1 heterocycles. The molecule has 2 aliphatic rings. The number of rotatable bonds is 2. The second kappa shape index (κ2) is 3.57. The van der Waals surface area contributed by atoms with Crippen LogP contribution in [0.4, 0.5) is 0 Å². The number of fused-ring (bicyclic) bond motifs is 2. The zero-order valence-electron chi connectivity index (χ0n) is 8.37. The quantitative estimate of drug-likeness (QED) is 0.556. The number of hydrogen-bond donors (Lipinski definition) is 3. The maximum absolute atomic E-state index is 11.2. The largest absolute Gasteiger partial charge is 0.481 e. The normalized spacial score (nSPS) is 41.7. The molecule has 0 aromatic heterocycles. The van der Waals surface area contributed by atoms with Crippen molar-refractivity contribution >= 4 is 11.9 Å². The van der Waals surface area contributed by atoms with Crippen molar-refractivity contribution in [3.05, 3.63) is 12.2 Å². The van der Waals surface area contributed by atoms with E-state index in [2.05, 4.69) is 0 Å². The molecule has 2 rings (SSSR count). The number of aliphatic hydroxyl groups excluding tert-OH is 1. The van der Waals surface area contributed by atoms with Crippen molar-refractivity contribution in [3.8, 4) is 0 Å². The predicted molar refractivity (Wildman–Crippen MR) is 50.7 cm³/mol. The highest BCUT2D eigenvalue weighted by Crippen LogP contribution is 2.42. The molecule has 1 aliphatic carbocycles. The third kappa shape index (κ3) is 1.60. The first-order valence-corrected chi connectivity index (χ1v) is 4.94. The van der Waals surface area contributed by atoms with E-state index in [0.29, 0.717) is 0 Å². The van der Waals surface area contributed by atoms with Crippen molar-refractivity contribution < 1.29 is 29.6 Å². The van der Waals surface area contributed by atoms with Gasteiger partial charge in [0.25, 0.3) is 0 Å². The molecule has 1 saturated heterocycles. The van der Waals surface area contributed by atoms with Crippen molar-refractivity contribution in [2.24, 2.45) is 5.41 Å². The third-order valence-electron chi connectivity index (χ3n) is 3.15. The number of carboxylic acid groups (broad SMARTS) is 2. The van der Waals surface area contributed by atoms with E-state index in [9.17, 15) is 14.7 Å². The third-order valence-corrected chi connectivity index (χ3v) is 3.15. The minimum atomic E-state index is -1.22. The lowest BCUT2D eigenvalue weighted by molar-refractivity contribution is -0.183. The molecule has 6 heteroatoms. The fourth-order valence-electron chi connectivity index (χ4n) is 2.22. The molecule has 0 aromatic carbocycles. The van der Waals surface area contributed by atoms with Gasteiger partial charge in [-0.25, -0.2) is 4.79 Å². The summed E-state index contributed by atoms with van der Waals surface area (Å²) in [6, 6.07) is 0. The fourth-order valence-corrected chi connectivity index (χ4v) is 2.22.